The lowest BCUT2D eigenvalue weighted by Crippen LogP contribution is -2.03. The number of carbonyl (C=O) groups excluding carboxylic acids is 1. The molecule has 132 valence electrons. The van der Waals surface area contributed by atoms with Gasteiger partial charge in [-0.15, -0.1) is 0 Å². The maximum atomic E-state index is 11.9. The highest BCUT2D eigenvalue weighted by atomic mass is 16.5. The maximum absolute atomic E-state index is 11.9. The summed E-state index contributed by atoms with van der Waals surface area (Å²) in [4.78, 5) is 11.9. The molecule has 0 fully saturated rings. The third-order valence-electron chi connectivity index (χ3n) is 3.89. The molecule has 0 radical (unpaired) electrons. The lowest BCUT2D eigenvalue weighted by atomic mass is 10.1. The Hall–Kier alpha value is -3.27. The molecule has 0 aliphatic carbocycles. The van der Waals surface area contributed by atoms with E-state index in [-0.39, 0.29) is 17.1 Å². The number of hydrogen-bond donors (Lipinski definition) is 1. The van der Waals surface area contributed by atoms with Crippen molar-refractivity contribution in [2.24, 2.45) is 0 Å². The van der Waals surface area contributed by atoms with Crippen molar-refractivity contribution in [3.63, 3.8) is 0 Å². The SMILES string of the molecule is CC(=O)c1c(O)cc(OCc2ccccc2)cc1OCc1ccccc1. The van der Waals surface area contributed by atoms with Crippen LogP contribution >= 0.6 is 0 Å². The minimum absolute atomic E-state index is 0.147. The van der Waals surface area contributed by atoms with Crippen LogP contribution in [0, 0.1) is 0 Å². The molecule has 0 saturated heterocycles. The van der Waals surface area contributed by atoms with Crippen molar-refractivity contribution in [2.75, 3.05) is 0 Å². The van der Waals surface area contributed by atoms with Crippen LogP contribution in [0.5, 0.6) is 17.2 Å². The van der Waals surface area contributed by atoms with E-state index >= 15 is 0 Å². The number of carbonyl (C=O) groups is 1. The molecule has 0 spiro atoms. The summed E-state index contributed by atoms with van der Waals surface area (Å²) in [5.74, 6) is 0.343. The Morgan fingerprint density at radius 2 is 1.38 bits per heavy atom. The van der Waals surface area contributed by atoms with Gasteiger partial charge in [0.1, 0.15) is 36.0 Å². The summed E-state index contributed by atoms with van der Waals surface area (Å²) < 4.78 is 11.5. The van der Waals surface area contributed by atoms with Crippen molar-refractivity contribution >= 4 is 5.78 Å². The molecule has 0 aliphatic heterocycles. The van der Waals surface area contributed by atoms with Crippen molar-refractivity contribution in [3.8, 4) is 17.2 Å². The number of Topliss-reactive ketones (excluding diaryl/α,β-unsaturated/α-hetero) is 1. The van der Waals surface area contributed by atoms with E-state index in [1.807, 2.05) is 60.7 Å². The second kappa shape index (κ2) is 8.21. The Labute approximate surface area is 152 Å². The quantitative estimate of drug-likeness (QED) is 0.626. The average Bonchev–Trinajstić information content (AvgIpc) is 2.66. The molecule has 0 aromatic heterocycles. The number of ketones is 1. The summed E-state index contributed by atoms with van der Waals surface area (Å²) in [5.41, 5.74) is 2.14. The Balaban J connectivity index is 1.80. The van der Waals surface area contributed by atoms with Crippen molar-refractivity contribution < 1.29 is 19.4 Å². The molecule has 3 rings (SSSR count). The van der Waals surface area contributed by atoms with Crippen LogP contribution in [0.25, 0.3) is 0 Å². The molecule has 0 unspecified atom stereocenters. The standard InChI is InChI=1S/C22H20O4/c1-16(23)22-20(24)12-19(25-14-17-8-4-2-5-9-17)13-21(22)26-15-18-10-6-3-7-11-18/h2-13,24H,14-15H2,1H3. The molecule has 3 aromatic rings. The molecule has 4 heteroatoms. The van der Waals surface area contributed by atoms with E-state index in [0.29, 0.717) is 24.7 Å². The second-order valence-electron chi connectivity index (χ2n) is 5.92. The van der Waals surface area contributed by atoms with Gasteiger partial charge in [-0.05, 0) is 18.1 Å². The van der Waals surface area contributed by atoms with Crippen LogP contribution < -0.4 is 9.47 Å². The van der Waals surface area contributed by atoms with Crippen LogP contribution in [0.2, 0.25) is 0 Å². The minimum Gasteiger partial charge on any atom is -0.507 e. The largest absolute Gasteiger partial charge is 0.507 e. The molecule has 0 aliphatic rings. The molecule has 0 saturated carbocycles. The minimum atomic E-state index is -0.264. The van der Waals surface area contributed by atoms with Gasteiger partial charge >= 0.3 is 0 Å². The van der Waals surface area contributed by atoms with Gasteiger partial charge in [-0.3, -0.25) is 4.79 Å². The highest BCUT2D eigenvalue weighted by Crippen LogP contribution is 2.34. The Morgan fingerprint density at radius 3 is 1.92 bits per heavy atom. The summed E-state index contributed by atoms with van der Waals surface area (Å²) in [5, 5.41) is 10.3. The summed E-state index contributed by atoms with van der Waals surface area (Å²) >= 11 is 0. The fourth-order valence-corrected chi connectivity index (χ4v) is 2.60. The molecular formula is C22H20O4. The van der Waals surface area contributed by atoms with E-state index < -0.39 is 0 Å². The van der Waals surface area contributed by atoms with Gasteiger partial charge in [0.15, 0.2) is 5.78 Å². The van der Waals surface area contributed by atoms with Crippen LogP contribution in [0.4, 0.5) is 0 Å². The number of ether oxygens (including phenoxy) is 2. The van der Waals surface area contributed by atoms with Crippen molar-refractivity contribution in [2.45, 2.75) is 20.1 Å². The maximum Gasteiger partial charge on any atom is 0.167 e. The molecular weight excluding hydrogens is 328 g/mol. The van der Waals surface area contributed by atoms with Crippen LogP contribution in [0.1, 0.15) is 28.4 Å². The predicted molar refractivity (Wildman–Crippen MR) is 99.7 cm³/mol. The number of hydrogen-bond acceptors (Lipinski definition) is 4. The van der Waals surface area contributed by atoms with E-state index in [1.54, 1.807) is 6.07 Å². The number of aromatic hydroxyl groups is 1. The lowest BCUT2D eigenvalue weighted by Gasteiger charge is -2.14. The Kier molecular flexibility index (Phi) is 5.54. The molecule has 0 bridgehead atoms. The fourth-order valence-electron chi connectivity index (χ4n) is 2.60. The van der Waals surface area contributed by atoms with E-state index in [9.17, 15) is 9.90 Å². The Morgan fingerprint density at radius 1 is 0.846 bits per heavy atom. The lowest BCUT2D eigenvalue weighted by molar-refractivity contribution is 0.101. The first-order chi connectivity index (χ1) is 12.6. The molecule has 26 heavy (non-hydrogen) atoms. The van der Waals surface area contributed by atoms with Gasteiger partial charge in [0.2, 0.25) is 0 Å². The zero-order valence-electron chi connectivity index (χ0n) is 14.5. The predicted octanol–water partition coefficient (Wildman–Crippen LogP) is 4.75. The summed E-state index contributed by atoms with van der Waals surface area (Å²) in [6.45, 7) is 2.05. The van der Waals surface area contributed by atoms with Crippen LogP contribution in [-0.4, -0.2) is 10.9 Å². The topological polar surface area (TPSA) is 55.8 Å². The number of phenols is 1. The fraction of sp³-hybridized carbons (Fsp3) is 0.136. The van der Waals surface area contributed by atoms with Gasteiger partial charge < -0.3 is 14.6 Å². The van der Waals surface area contributed by atoms with Crippen molar-refractivity contribution in [1.82, 2.24) is 0 Å². The second-order valence-corrected chi connectivity index (χ2v) is 5.92. The van der Waals surface area contributed by atoms with Crippen LogP contribution in [-0.2, 0) is 13.2 Å². The Bertz CT molecular complexity index is 873. The highest BCUT2D eigenvalue weighted by Gasteiger charge is 2.17. The van der Waals surface area contributed by atoms with Gasteiger partial charge in [0, 0.05) is 12.1 Å². The van der Waals surface area contributed by atoms with Gasteiger partial charge in [0.25, 0.3) is 0 Å². The number of benzene rings is 3. The summed E-state index contributed by atoms with van der Waals surface area (Å²) in [6, 6.07) is 22.4. The van der Waals surface area contributed by atoms with Gasteiger partial charge in [-0.25, -0.2) is 0 Å². The molecule has 1 N–H and O–H groups in total. The number of phenolic OH excluding ortho intramolecular Hbond substituents is 1. The van der Waals surface area contributed by atoms with Gasteiger partial charge in [-0.2, -0.15) is 0 Å². The highest BCUT2D eigenvalue weighted by molar-refractivity contribution is 5.99. The smallest absolute Gasteiger partial charge is 0.167 e. The van der Waals surface area contributed by atoms with Crippen LogP contribution in [0.3, 0.4) is 0 Å². The molecule has 0 atom stereocenters. The monoisotopic (exact) mass is 348 g/mol. The van der Waals surface area contributed by atoms with E-state index in [0.717, 1.165) is 11.1 Å². The van der Waals surface area contributed by atoms with E-state index in [4.69, 9.17) is 9.47 Å². The first-order valence-electron chi connectivity index (χ1n) is 8.35. The van der Waals surface area contributed by atoms with Crippen molar-refractivity contribution in [3.05, 3.63) is 89.5 Å². The van der Waals surface area contributed by atoms with Crippen LogP contribution in [0.15, 0.2) is 72.8 Å². The molecule has 0 amide bonds. The molecule has 0 heterocycles. The normalized spacial score (nSPS) is 10.3. The van der Waals surface area contributed by atoms with Crippen molar-refractivity contribution in [1.29, 1.82) is 0 Å². The molecule has 4 nitrogen and oxygen atoms in total. The zero-order chi connectivity index (χ0) is 18.4. The van der Waals surface area contributed by atoms with Gasteiger partial charge in [0.05, 0.1) is 0 Å². The first kappa shape index (κ1) is 17.5. The third kappa shape index (κ3) is 4.42. The number of rotatable bonds is 7. The molecule has 3 aromatic carbocycles. The average molecular weight is 348 g/mol. The van der Waals surface area contributed by atoms with E-state index in [1.165, 1.54) is 13.0 Å². The summed E-state index contributed by atoms with van der Waals surface area (Å²) in [7, 11) is 0. The van der Waals surface area contributed by atoms with E-state index in [2.05, 4.69) is 0 Å². The first-order valence-corrected chi connectivity index (χ1v) is 8.35. The summed E-state index contributed by atoms with van der Waals surface area (Å²) in [6.07, 6.45) is 0. The van der Waals surface area contributed by atoms with Gasteiger partial charge in [-0.1, -0.05) is 60.7 Å². The zero-order valence-corrected chi connectivity index (χ0v) is 14.5. The third-order valence-corrected chi connectivity index (χ3v) is 3.89.